The third-order valence-corrected chi connectivity index (χ3v) is 3.67. The summed E-state index contributed by atoms with van der Waals surface area (Å²) in [7, 11) is 0. The van der Waals surface area contributed by atoms with Gasteiger partial charge in [-0.2, -0.15) is 0 Å². The van der Waals surface area contributed by atoms with Crippen LogP contribution in [0.15, 0.2) is 18.2 Å². The van der Waals surface area contributed by atoms with E-state index in [9.17, 15) is 4.39 Å². The van der Waals surface area contributed by atoms with Crippen molar-refractivity contribution in [1.29, 1.82) is 0 Å². The molecule has 1 aliphatic rings. The Balaban J connectivity index is 2.04. The molecule has 0 aliphatic carbocycles. The van der Waals surface area contributed by atoms with Gasteiger partial charge in [-0.15, -0.1) is 0 Å². The van der Waals surface area contributed by atoms with Crippen molar-refractivity contribution in [3.63, 3.8) is 0 Å². The van der Waals surface area contributed by atoms with Crippen LogP contribution < -0.4 is 0 Å². The fourth-order valence-electron chi connectivity index (χ4n) is 2.13. The van der Waals surface area contributed by atoms with Gasteiger partial charge in [0.05, 0.1) is 0 Å². The van der Waals surface area contributed by atoms with Crippen molar-refractivity contribution < 1.29 is 4.39 Å². The summed E-state index contributed by atoms with van der Waals surface area (Å²) in [5, 5.41) is 0.540. The van der Waals surface area contributed by atoms with E-state index in [1.54, 1.807) is 12.1 Å². The number of hydrogen-bond donors (Lipinski definition) is 0. The van der Waals surface area contributed by atoms with Crippen LogP contribution in [0.4, 0.5) is 4.39 Å². The van der Waals surface area contributed by atoms with Gasteiger partial charge in [-0.05, 0) is 44.0 Å². The van der Waals surface area contributed by atoms with Gasteiger partial charge >= 0.3 is 0 Å². The van der Waals surface area contributed by atoms with Crippen molar-refractivity contribution in [3.05, 3.63) is 34.6 Å². The van der Waals surface area contributed by atoms with Gasteiger partial charge in [0.2, 0.25) is 0 Å². The first-order valence-electron chi connectivity index (χ1n) is 5.82. The second-order valence-electron chi connectivity index (χ2n) is 4.66. The van der Waals surface area contributed by atoms with Crippen LogP contribution in [0.25, 0.3) is 0 Å². The second kappa shape index (κ2) is 5.15. The average molecular weight is 242 g/mol. The highest BCUT2D eigenvalue weighted by atomic mass is 35.5. The third kappa shape index (κ3) is 2.74. The monoisotopic (exact) mass is 241 g/mol. The molecule has 1 heterocycles. The lowest BCUT2D eigenvalue weighted by Crippen LogP contribution is -2.32. The Morgan fingerprint density at radius 2 is 2.06 bits per heavy atom. The minimum atomic E-state index is -0.189. The Morgan fingerprint density at radius 3 is 2.69 bits per heavy atom. The zero-order valence-electron chi connectivity index (χ0n) is 9.55. The summed E-state index contributed by atoms with van der Waals surface area (Å²) in [6.07, 6.45) is 2.40. The van der Waals surface area contributed by atoms with Gasteiger partial charge in [0.25, 0.3) is 0 Å². The van der Waals surface area contributed by atoms with Crippen molar-refractivity contribution in [1.82, 2.24) is 4.90 Å². The Kier molecular flexibility index (Phi) is 3.82. The highest BCUT2D eigenvalue weighted by Gasteiger charge is 2.18. The first-order valence-corrected chi connectivity index (χ1v) is 6.20. The Morgan fingerprint density at radius 1 is 1.38 bits per heavy atom. The van der Waals surface area contributed by atoms with E-state index < -0.39 is 0 Å². The summed E-state index contributed by atoms with van der Waals surface area (Å²) < 4.78 is 13.6. The van der Waals surface area contributed by atoms with Crippen LogP contribution in [0, 0.1) is 11.7 Å². The van der Waals surface area contributed by atoms with Gasteiger partial charge in [0.15, 0.2) is 0 Å². The van der Waals surface area contributed by atoms with Crippen LogP contribution in [0.3, 0.4) is 0 Å². The number of rotatable bonds is 2. The average Bonchev–Trinajstić information content (AvgIpc) is 2.26. The van der Waals surface area contributed by atoms with Crippen LogP contribution >= 0.6 is 11.6 Å². The maximum atomic E-state index is 13.6. The van der Waals surface area contributed by atoms with Crippen LogP contribution in [-0.4, -0.2) is 18.0 Å². The minimum absolute atomic E-state index is 0.189. The van der Waals surface area contributed by atoms with Crippen molar-refractivity contribution in [2.75, 3.05) is 13.1 Å². The fourth-order valence-corrected chi connectivity index (χ4v) is 2.35. The van der Waals surface area contributed by atoms with E-state index in [-0.39, 0.29) is 5.82 Å². The molecule has 0 aromatic heterocycles. The van der Waals surface area contributed by atoms with Gasteiger partial charge in [0, 0.05) is 17.1 Å². The first-order chi connectivity index (χ1) is 7.66. The van der Waals surface area contributed by atoms with Gasteiger partial charge in [-0.3, -0.25) is 4.90 Å². The molecule has 0 unspecified atom stereocenters. The van der Waals surface area contributed by atoms with E-state index in [4.69, 9.17) is 11.6 Å². The Hall–Kier alpha value is -0.600. The number of halogens is 2. The molecule has 88 valence electrons. The van der Waals surface area contributed by atoms with Gasteiger partial charge in [-0.1, -0.05) is 24.6 Å². The third-order valence-electron chi connectivity index (χ3n) is 3.32. The number of likely N-dealkylation sites (tertiary alicyclic amines) is 1. The molecule has 1 fully saturated rings. The SMILES string of the molecule is CC1CCN(Cc2c(F)cccc2Cl)CC1. The summed E-state index contributed by atoms with van der Waals surface area (Å²) in [5.74, 6) is 0.610. The van der Waals surface area contributed by atoms with Gasteiger partial charge in [0.1, 0.15) is 5.82 Å². The second-order valence-corrected chi connectivity index (χ2v) is 5.07. The van der Waals surface area contributed by atoms with Crippen LogP contribution in [0.2, 0.25) is 5.02 Å². The van der Waals surface area contributed by atoms with Crippen molar-refractivity contribution in [2.24, 2.45) is 5.92 Å². The topological polar surface area (TPSA) is 3.24 Å². The molecular weight excluding hydrogens is 225 g/mol. The van der Waals surface area contributed by atoms with E-state index in [1.807, 2.05) is 0 Å². The summed E-state index contributed by atoms with van der Waals surface area (Å²) in [6, 6.07) is 4.89. The van der Waals surface area contributed by atoms with Crippen LogP contribution in [0.5, 0.6) is 0 Å². The molecule has 3 heteroatoms. The van der Waals surface area contributed by atoms with Gasteiger partial charge < -0.3 is 0 Å². The van der Waals surface area contributed by atoms with E-state index in [1.165, 1.54) is 18.9 Å². The molecule has 0 spiro atoms. The van der Waals surface area contributed by atoms with Crippen molar-refractivity contribution in [2.45, 2.75) is 26.3 Å². The quantitative estimate of drug-likeness (QED) is 0.763. The van der Waals surface area contributed by atoms with Crippen molar-refractivity contribution >= 4 is 11.6 Å². The molecule has 0 N–H and O–H groups in total. The number of hydrogen-bond acceptors (Lipinski definition) is 1. The normalized spacial score (nSPS) is 18.9. The highest BCUT2D eigenvalue weighted by Crippen LogP contribution is 2.23. The molecule has 1 aliphatic heterocycles. The standard InChI is InChI=1S/C13H17ClFN/c1-10-5-7-16(8-6-10)9-11-12(14)3-2-4-13(11)15/h2-4,10H,5-9H2,1H3. The number of nitrogens with zero attached hydrogens (tertiary/aromatic N) is 1. The van der Waals surface area contributed by atoms with E-state index in [2.05, 4.69) is 11.8 Å². The fraction of sp³-hybridized carbons (Fsp3) is 0.538. The molecule has 0 radical (unpaired) electrons. The number of piperidine rings is 1. The van der Waals surface area contributed by atoms with Crippen molar-refractivity contribution in [3.8, 4) is 0 Å². The summed E-state index contributed by atoms with van der Waals surface area (Å²) in [6.45, 7) is 5.00. The Bertz CT molecular complexity index is 339. The lowest BCUT2D eigenvalue weighted by atomic mass is 9.99. The maximum absolute atomic E-state index is 13.6. The molecule has 0 bridgehead atoms. The molecule has 1 saturated heterocycles. The number of benzene rings is 1. The smallest absolute Gasteiger partial charge is 0.129 e. The zero-order valence-corrected chi connectivity index (χ0v) is 10.3. The van der Waals surface area contributed by atoms with Crippen LogP contribution in [0.1, 0.15) is 25.3 Å². The predicted molar refractivity (Wildman–Crippen MR) is 65.1 cm³/mol. The lowest BCUT2D eigenvalue weighted by Gasteiger charge is -2.30. The van der Waals surface area contributed by atoms with Gasteiger partial charge in [-0.25, -0.2) is 4.39 Å². The first kappa shape index (κ1) is 11.9. The molecule has 1 aromatic carbocycles. The molecule has 1 aromatic rings. The Labute approximate surface area is 101 Å². The lowest BCUT2D eigenvalue weighted by molar-refractivity contribution is 0.183. The molecule has 0 saturated carbocycles. The van der Waals surface area contributed by atoms with E-state index in [0.29, 0.717) is 17.1 Å². The molecule has 16 heavy (non-hydrogen) atoms. The summed E-state index contributed by atoms with van der Waals surface area (Å²) in [4.78, 5) is 2.28. The molecule has 0 amide bonds. The van der Waals surface area contributed by atoms with E-state index >= 15 is 0 Å². The maximum Gasteiger partial charge on any atom is 0.129 e. The summed E-state index contributed by atoms with van der Waals surface area (Å²) >= 11 is 6.01. The molecule has 1 nitrogen and oxygen atoms in total. The zero-order chi connectivity index (χ0) is 11.5. The molecular formula is C13H17ClFN. The minimum Gasteiger partial charge on any atom is -0.299 e. The molecule has 0 atom stereocenters. The summed E-state index contributed by atoms with van der Waals surface area (Å²) in [5.41, 5.74) is 0.638. The largest absolute Gasteiger partial charge is 0.299 e. The molecule has 2 rings (SSSR count). The van der Waals surface area contributed by atoms with Crippen LogP contribution in [-0.2, 0) is 6.54 Å². The van der Waals surface area contributed by atoms with E-state index in [0.717, 1.165) is 19.0 Å². The highest BCUT2D eigenvalue weighted by molar-refractivity contribution is 6.31. The predicted octanol–water partition coefficient (Wildman–Crippen LogP) is 3.71.